The largest absolute Gasteiger partial charge is 0.495 e. The average molecular weight is 479 g/mol. The molecule has 1 atom stereocenters. The molecule has 0 aliphatic heterocycles. The van der Waals surface area contributed by atoms with E-state index in [4.69, 9.17) is 18.6 Å². The Bertz CT molecular complexity index is 1150. The fraction of sp³-hybridized carbons (Fsp3) is 0.333. The number of amides is 2. The highest BCUT2D eigenvalue weighted by Gasteiger charge is 2.39. The minimum Gasteiger partial charge on any atom is -0.495 e. The number of nitrogens with one attached hydrogen (secondary N) is 1. The highest BCUT2D eigenvalue weighted by atomic mass is 16.5. The van der Waals surface area contributed by atoms with Gasteiger partial charge in [-0.1, -0.05) is 37.1 Å². The molecule has 8 heteroatoms. The molecule has 8 nitrogen and oxygen atoms in total. The summed E-state index contributed by atoms with van der Waals surface area (Å²) in [4.78, 5) is 29.3. The quantitative estimate of drug-likeness (QED) is 0.477. The molecule has 1 aliphatic carbocycles. The van der Waals surface area contributed by atoms with Crippen LogP contribution < -0.4 is 24.4 Å². The zero-order chi connectivity index (χ0) is 24.8. The van der Waals surface area contributed by atoms with Crippen molar-refractivity contribution in [2.75, 3.05) is 26.2 Å². The summed E-state index contributed by atoms with van der Waals surface area (Å²) < 4.78 is 22.2. The molecular formula is C27H30N2O6. The summed E-state index contributed by atoms with van der Waals surface area (Å²) in [6, 6.07) is 14.5. The van der Waals surface area contributed by atoms with Crippen LogP contribution in [0.15, 0.2) is 65.3 Å². The lowest BCUT2D eigenvalue weighted by Gasteiger charge is -2.33. The van der Waals surface area contributed by atoms with E-state index >= 15 is 0 Å². The van der Waals surface area contributed by atoms with Crippen molar-refractivity contribution in [1.29, 1.82) is 0 Å². The fourth-order valence-corrected chi connectivity index (χ4v) is 4.59. The maximum Gasteiger partial charge on any atom is 0.295 e. The summed E-state index contributed by atoms with van der Waals surface area (Å²) in [6.45, 7) is 0. The molecule has 1 aromatic heterocycles. The molecule has 2 amide bonds. The Morgan fingerprint density at radius 3 is 2.29 bits per heavy atom. The molecule has 4 rings (SSSR count). The lowest BCUT2D eigenvalue weighted by atomic mass is 10.00. The second kappa shape index (κ2) is 11.0. The van der Waals surface area contributed by atoms with Gasteiger partial charge in [0.05, 0.1) is 33.3 Å². The zero-order valence-corrected chi connectivity index (χ0v) is 20.2. The summed E-state index contributed by atoms with van der Waals surface area (Å²) in [5.74, 6) is 0.539. The van der Waals surface area contributed by atoms with Crippen LogP contribution in [0.2, 0.25) is 0 Å². The number of rotatable bonds is 9. The van der Waals surface area contributed by atoms with Gasteiger partial charge in [-0.25, -0.2) is 0 Å². The number of benzene rings is 2. The van der Waals surface area contributed by atoms with Gasteiger partial charge in [-0.05, 0) is 43.2 Å². The molecule has 0 bridgehead atoms. The monoisotopic (exact) mass is 478 g/mol. The topological polar surface area (TPSA) is 90.2 Å². The number of furan rings is 1. The van der Waals surface area contributed by atoms with Crippen molar-refractivity contribution in [3.8, 4) is 17.2 Å². The van der Waals surface area contributed by atoms with Crippen molar-refractivity contribution in [2.24, 2.45) is 0 Å². The summed E-state index contributed by atoms with van der Waals surface area (Å²) in [5, 5.41) is 3.15. The van der Waals surface area contributed by atoms with Crippen LogP contribution in [0.5, 0.6) is 17.2 Å². The van der Waals surface area contributed by atoms with Crippen LogP contribution in [0.25, 0.3) is 0 Å². The van der Waals surface area contributed by atoms with Gasteiger partial charge in [0.2, 0.25) is 5.91 Å². The van der Waals surface area contributed by atoms with Crippen LogP contribution in [-0.4, -0.2) is 39.2 Å². The molecule has 1 saturated carbocycles. The number of ether oxygens (including phenoxy) is 3. The molecule has 1 N–H and O–H groups in total. The standard InChI is InChI=1S/C27H30N2O6/c1-32-21-14-7-6-13-20(21)29(27(31)23-16-9-17-35-23)24(26(30)28-18-10-4-5-11-18)19-12-8-15-22(33-2)25(19)34-3/h6-9,12-18,24H,4-5,10-11H2,1-3H3,(H,28,30)/t24-/m0/s1. The fourth-order valence-electron chi connectivity index (χ4n) is 4.59. The van der Waals surface area contributed by atoms with Crippen LogP contribution in [0.1, 0.15) is 47.8 Å². The summed E-state index contributed by atoms with van der Waals surface area (Å²) in [5.41, 5.74) is 0.904. The first kappa shape index (κ1) is 24.2. The Morgan fingerprint density at radius 2 is 1.63 bits per heavy atom. The Hall–Kier alpha value is -3.94. The van der Waals surface area contributed by atoms with Crippen molar-refractivity contribution < 1.29 is 28.2 Å². The van der Waals surface area contributed by atoms with Gasteiger partial charge in [-0.3, -0.25) is 14.5 Å². The first-order valence-corrected chi connectivity index (χ1v) is 11.6. The maximum absolute atomic E-state index is 14.0. The third kappa shape index (κ3) is 4.96. The predicted molar refractivity (Wildman–Crippen MR) is 131 cm³/mol. The van der Waals surface area contributed by atoms with Crippen molar-refractivity contribution in [3.63, 3.8) is 0 Å². The Kier molecular flexibility index (Phi) is 7.60. The van der Waals surface area contributed by atoms with E-state index in [1.165, 1.54) is 32.5 Å². The summed E-state index contributed by atoms with van der Waals surface area (Å²) >= 11 is 0. The molecule has 1 heterocycles. The van der Waals surface area contributed by atoms with Gasteiger partial charge in [0.25, 0.3) is 5.91 Å². The van der Waals surface area contributed by atoms with Gasteiger partial charge in [-0.15, -0.1) is 0 Å². The number of hydrogen-bond donors (Lipinski definition) is 1. The molecule has 0 spiro atoms. The lowest BCUT2D eigenvalue weighted by Crippen LogP contribution is -2.46. The summed E-state index contributed by atoms with van der Waals surface area (Å²) in [6.07, 6.45) is 5.33. The number of carbonyl (C=O) groups is 2. The highest BCUT2D eigenvalue weighted by Crippen LogP contribution is 2.42. The molecular weight excluding hydrogens is 448 g/mol. The van der Waals surface area contributed by atoms with Gasteiger partial charge < -0.3 is 23.9 Å². The number of anilines is 1. The number of methoxy groups -OCH3 is 3. The molecule has 0 saturated heterocycles. The van der Waals surface area contributed by atoms with E-state index in [0.29, 0.717) is 28.5 Å². The lowest BCUT2D eigenvalue weighted by molar-refractivity contribution is -0.123. The minimum absolute atomic E-state index is 0.0415. The maximum atomic E-state index is 14.0. The first-order valence-electron chi connectivity index (χ1n) is 11.6. The second-order valence-electron chi connectivity index (χ2n) is 8.30. The molecule has 184 valence electrons. The number of para-hydroxylation sites is 3. The minimum atomic E-state index is -1.09. The normalized spacial score (nSPS) is 14.3. The average Bonchev–Trinajstić information content (AvgIpc) is 3.61. The van der Waals surface area contributed by atoms with Crippen molar-refractivity contribution in [1.82, 2.24) is 5.32 Å². The van der Waals surface area contributed by atoms with Crippen LogP contribution >= 0.6 is 0 Å². The van der Waals surface area contributed by atoms with Crippen molar-refractivity contribution in [2.45, 2.75) is 37.8 Å². The second-order valence-corrected chi connectivity index (χ2v) is 8.30. The first-order chi connectivity index (χ1) is 17.1. The highest BCUT2D eigenvalue weighted by molar-refractivity contribution is 6.09. The smallest absolute Gasteiger partial charge is 0.295 e. The van der Waals surface area contributed by atoms with E-state index in [1.54, 1.807) is 54.6 Å². The third-order valence-corrected chi connectivity index (χ3v) is 6.23. The SMILES string of the molecule is COc1ccccc1N(C(=O)c1ccco1)[C@H](C(=O)NC1CCCC1)c1cccc(OC)c1OC. The van der Waals surface area contributed by atoms with Gasteiger partial charge in [-0.2, -0.15) is 0 Å². The van der Waals surface area contributed by atoms with E-state index in [0.717, 1.165) is 25.7 Å². The number of nitrogens with zero attached hydrogens (tertiary/aromatic N) is 1. The van der Waals surface area contributed by atoms with Gasteiger partial charge >= 0.3 is 0 Å². The summed E-state index contributed by atoms with van der Waals surface area (Å²) in [7, 11) is 4.56. The van der Waals surface area contributed by atoms with Gasteiger partial charge in [0, 0.05) is 11.6 Å². The Labute approximate surface area is 204 Å². The van der Waals surface area contributed by atoms with Gasteiger partial charge in [0.15, 0.2) is 17.3 Å². The van der Waals surface area contributed by atoms with Crippen LogP contribution in [0, 0.1) is 0 Å². The molecule has 3 aromatic rings. The molecule has 2 aromatic carbocycles. The molecule has 1 aliphatic rings. The van der Waals surface area contributed by atoms with Crippen LogP contribution in [0.4, 0.5) is 5.69 Å². The Balaban J connectivity index is 1.92. The number of carbonyl (C=O) groups excluding carboxylic acids is 2. The van der Waals surface area contributed by atoms with E-state index in [2.05, 4.69) is 5.32 Å². The van der Waals surface area contributed by atoms with E-state index < -0.39 is 11.9 Å². The van der Waals surface area contributed by atoms with E-state index in [-0.39, 0.29) is 17.7 Å². The molecule has 0 radical (unpaired) electrons. The molecule has 1 fully saturated rings. The van der Waals surface area contributed by atoms with Crippen LogP contribution in [-0.2, 0) is 4.79 Å². The predicted octanol–water partition coefficient (Wildman–Crippen LogP) is 4.75. The molecule has 35 heavy (non-hydrogen) atoms. The van der Waals surface area contributed by atoms with E-state index in [9.17, 15) is 9.59 Å². The van der Waals surface area contributed by atoms with Crippen molar-refractivity contribution >= 4 is 17.5 Å². The third-order valence-electron chi connectivity index (χ3n) is 6.23. The Morgan fingerprint density at radius 1 is 0.914 bits per heavy atom. The molecule has 0 unspecified atom stereocenters. The number of hydrogen-bond acceptors (Lipinski definition) is 6. The van der Waals surface area contributed by atoms with Crippen LogP contribution in [0.3, 0.4) is 0 Å². The van der Waals surface area contributed by atoms with Gasteiger partial charge in [0.1, 0.15) is 11.8 Å². The van der Waals surface area contributed by atoms with Crippen molar-refractivity contribution in [3.05, 3.63) is 72.2 Å². The van der Waals surface area contributed by atoms with E-state index in [1.807, 2.05) is 0 Å². The zero-order valence-electron chi connectivity index (χ0n) is 20.2.